The molecule has 20 heavy (non-hydrogen) atoms. The zero-order chi connectivity index (χ0) is 13.9. The Hall–Kier alpha value is -2.43. The Morgan fingerprint density at radius 2 is 1.95 bits per heavy atom. The van der Waals surface area contributed by atoms with Gasteiger partial charge in [0, 0.05) is 20.1 Å². The first-order valence-corrected chi connectivity index (χ1v) is 6.71. The minimum atomic E-state index is 0.832. The van der Waals surface area contributed by atoms with E-state index >= 15 is 0 Å². The van der Waals surface area contributed by atoms with Crippen LogP contribution in [-0.4, -0.2) is 26.3 Å². The Labute approximate surface area is 117 Å². The molecule has 5 nitrogen and oxygen atoms in total. The van der Waals surface area contributed by atoms with Gasteiger partial charge in [-0.3, -0.25) is 4.68 Å². The molecule has 0 aliphatic heterocycles. The van der Waals surface area contributed by atoms with E-state index in [1.54, 1.807) is 11.0 Å². The lowest BCUT2D eigenvalue weighted by molar-refractivity contribution is 0.783. The van der Waals surface area contributed by atoms with Crippen LogP contribution in [0.15, 0.2) is 42.9 Å². The van der Waals surface area contributed by atoms with Crippen molar-refractivity contribution in [3.63, 3.8) is 0 Å². The van der Waals surface area contributed by atoms with Crippen molar-refractivity contribution in [2.45, 2.75) is 13.5 Å². The highest BCUT2D eigenvalue weighted by atomic mass is 15.3. The highest BCUT2D eigenvalue weighted by molar-refractivity contribution is 5.86. The van der Waals surface area contributed by atoms with E-state index in [9.17, 15) is 0 Å². The molecule has 3 rings (SSSR count). The molecule has 1 aromatic carbocycles. The largest absolute Gasteiger partial charge is 0.352 e. The number of hydrogen-bond donors (Lipinski definition) is 0. The molecular weight excluding hydrogens is 250 g/mol. The summed E-state index contributed by atoms with van der Waals surface area (Å²) in [5.74, 6) is 0.939. The number of rotatable bonds is 4. The van der Waals surface area contributed by atoms with Crippen LogP contribution in [0, 0.1) is 0 Å². The summed E-state index contributed by atoms with van der Waals surface area (Å²) in [7, 11) is 1.90. The summed E-state index contributed by atoms with van der Waals surface area (Å²) in [6, 6.07) is 10.4. The maximum absolute atomic E-state index is 4.45. The molecule has 0 atom stereocenters. The number of fused-ring (bicyclic) bond motifs is 1. The van der Waals surface area contributed by atoms with Gasteiger partial charge in [0.05, 0.1) is 11.6 Å². The van der Waals surface area contributed by atoms with Crippen molar-refractivity contribution in [2.24, 2.45) is 7.05 Å². The molecule has 0 radical (unpaired) electrons. The van der Waals surface area contributed by atoms with Gasteiger partial charge in [-0.05, 0) is 12.5 Å². The average molecular weight is 267 g/mol. The molecule has 0 saturated heterocycles. The van der Waals surface area contributed by atoms with E-state index in [1.807, 2.05) is 19.3 Å². The van der Waals surface area contributed by atoms with Gasteiger partial charge in [-0.1, -0.05) is 30.3 Å². The summed E-state index contributed by atoms with van der Waals surface area (Å²) in [5, 5.41) is 5.26. The van der Waals surface area contributed by atoms with Crippen molar-refractivity contribution in [1.29, 1.82) is 0 Å². The minimum Gasteiger partial charge on any atom is -0.352 e. The topological polar surface area (TPSA) is 46.8 Å². The van der Waals surface area contributed by atoms with Crippen molar-refractivity contribution in [1.82, 2.24) is 19.7 Å². The lowest BCUT2D eigenvalue weighted by Crippen LogP contribution is -2.23. The van der Waals surface area contributed by atoms with E-state index in [-0.39, 0.29) is 0 Å². The molecular formula is C15H17N5. The van der Waals surface area contributed by atoms with E-state index in [2.05, 4.69) is 51.2 Å². The molecule has 0 bridgehead atoms. The third-order valence-electron chi connectivity index (χ3n) is 3.41. The molecule has 3 aromatic rings. The zero-order valence-corrected chi connectivity index (χ0v) is 11.7. The van der Waals surface area contributed by atoms with Crippen LogP contribution in [0.25, 0.3) is 11.0 Å². The van der Waals surface area contributed by atoms with Crippen LogP contribution in [0.4, 0.5) is 5.82 Å². The van der Waals surface area contributed by atoms with Gasteiger partial charge in [0.2, 0.25) is 0 Å². The Balaban J connectivity index is 1.99. The Bertz CT molecular complexity index is 705. The quantitative estimate of drug-likeness (QED) is 0.728. The predicted octanol–water partition coefficient (Wildman–Crippen LogP) is 2.39. The average Bonchev–Trinajstić information content (AvgIpc) is 2.88. The van der Waals surface area contributed by atoms with E-state index in [4.69, 9.17) is 0 Å². The fourth-order valence-corrected chi connectivity index (χ4v) is 2.34. The Morgan fingerprint density at radius 1 is 1.15 bits per heavy atom. The van der Waals surface area contributed by atoms with Crippen molar-refractivity contribution in [3.8, 4) is 0 Å². The molecule has 2 heterocycles. The third-order valence-corrected chi connectivity index (χ3v) is 3.41. The zero-order valence-electron chi connectivity index (χ0n) is 11.7. The van der Waals surface area contributed by atoms with E-state index < -0.39 is 0 Å². The van der Waals surface area contributed by atoms with Gasteiger partial charge in [-0.25, -0.2) is 9.97 Å². The molecule has 0 saturated carbocycles. The first-order chi connectivity index (χ1) is 9.79. The number of nitrogens with zero attached hydrogens (tertiary/aromatic N) is 5. The number of aromatic nitrogens is 4. The molecule has 2 aromatic heterocycles. The summed E-state index contributed by atoms with van der Waals surface area (Å²) < 4.78 is 1.77. The second-order valence-corrected chi connectivity index (χ2v) is 4.70. The molecule has 0 fully saturated rings. The van der Waals surface area contributed by atoms with Crippen LogP contribution in [0.2, 0.25) is 0 Å². The lowest BCUT2D eigenvalue weighted by Gasteiger charge is -2.22. The van der Waals surface area contributed by atoms with Crippen LogP contribution in [0.3, 0.4) is 0 Å². The maximum Gasteiger partial charge on any atom is 0.163 e. The molecule has 0 aliphatic rings. The maximum atomic E-state index is 4.45. The molecule has 0 N–H and O–H groups in total. The normalized spacial score (nSPS) is 10.9. The van der Waals surface area contributed by atoms with Crippen molar-refractivity contribution in [3.05, 3.63) is 48.4 Å². The van der Waals surface area contributed by atoms with Crippen molar-refractivity contribution < 1.29 is 0 Å². The number of anilines is 1. The van der Waals surface area contributed by atoms with E-state index in [0.717, 1.165) is 29.9 Å². The van der Waals surface area contributed by atoms with Gasteiger partial charge < -0.3 is 4.90 Å². The Morgan fingerprint density at radius 3 is 2.70 bits per heavy atom. The molecule has 0 spiro atoms. The summed E-state index contributed by atoms with van der Waals surface area (Å²) in [6.07, 6.45) is 3.44. The van der Waals surface area contributed by atoms with Crippen LogP contribution < -0.4 is 4.90 Å². The van der Waals surface area contributed by atoms with Crippen LogP contribution in [-0.2, 0) is 13.6 Å². The van der Waals surface area contributed by atoms with Crippen LogP contribution >= 0.6 is 0 Å². The van der Waals surface area contributed by atoms with Crippen molar-refractivity contribution in [2.75, 3.05) is 11.4 Å². The third kappa shape index (κ3) is 2.22. The summed E-state index contributed by atoms with van der Waals surface area (Å²) >= 11 is 0. The fraction of sp³-hybridized carbons (Fsp3) is 0.267. The standard InChI is InChI=1S/C15H17N5/c1-3-20(10-12-7-5-4-6-8-12)15-13-9-18-19(2)14(13)16-11-17-15/h4-9,11H,3,10H2,1-2H3. The summed E-state index contributed by atoms with van der Waals surface area (Å²) in [6.45, 7) is 3.85. The minimum absolute atomic E-state index is 0.832. The van der Waals surface area contributed by atoms with Crippen LogP contribution in [0.1, 0.15) is 12.5 Å². The molecule has 0 aliphatic carbocycles. The monoisotopic (exact) mass is 267 g/mol. The molecule has 5 heteroatoms. The molecule has 0 amide bonds. The van der Waals surface area contributed by atoms with Gasteiger partial charge >= 0.3 is 0 Å². The fourth-order valence-electron chi connectivity index (χ4n) is 2.34. The van der Waals surface area contributed by atoms with Gasteiger partial charge in [0.1, 0.15) is 12.1 Å². The van der Waals surface area contributed by atoms with Gasteiger partial charge in [0.25, 0.3) is 0 Å². The first-order valence-electron chi connectivity index (χ1n) is 6.71. The van der Waals surface area contributed by atoms with E-state index in [0.29, 0.717) is 0 Å². The SMILES string of the molecule is CCN(Cc1ccccc1)c1ncnc2c1cnn2C. The summed E-state index contributed by atoms with van der Waals surface area (Å²) in [4.78, 5) is 11.0. The highest BCUT2D eigenvalue weighted by Gasteiger charge is 2.13. The smallest absolute Gasteiger partial charge is 0.163 e. The number of hydrogen-bond acceptors (Lipinski definition) is 4. The van der Waals surface area contributed by atoms with Gasteiger partial charge in [-0.2, -0.15) is 5.10 Å². The second kappa shape index (κ2) is 5.28. The first kappa shape index (κ1) is 12.6. The lowest BCUT2D eigenvalue weighted by atomic mass is 10.2. The predicted molar refractivity (Wildman–Crippen MR) is 79.5 cm³/mol. The second-order valence-electron chi connectivity index (χ2n) is 4.70. The molecule has 102 valence electrons. The number of benzene rings is 1. The summed E-state index contributed by atoms with van der Waals surface area (Å²) in [5.41, 5.74) is 2.13. The van der Waals surface area contributed by atoms with Gasteiger partial charge in [-0.15, -0.1) is 0 Å². The number of aryl methyl sites for hydroxylation is 1. The highest BCUT2D eigenvalue weighted by Crippen LogP contribution is 2.23. The van der Waals surface area contributed by atoms with Gasteiger partial charge in [0.15, 0.2) is 5.65 Å². The van der Waals surface area contributed by atoms with Crippen LogP contribution in [0.5, 0.6) is 0 Å². The Kier molecular flexibility index (Phi) is 3.33. The molecule has 0 unspecified atom stereocenters. The van der Waals surface area contributed by atoms with E-state index in [1.165, 1.54) is 5.56 Å². The van der Waals surface area contributed by atoms with Crippen molar-refractivity contribution >= 4 is 16.9 Å².